The van der Waals surface area contributed by atoms with Crippen LogP contribution in [0.1, 0.15) is 49.4 Å². The van der Waals surface area contributed by atoms with E-state index in [1.807, 2.05) is 13.0 Å². The van der Waals surface area contributed by atoms with Gasteiger partial charge in [0, 0.05) is 23.6 Å². The van der Waals surface area contributed by atoms with E-state index in [9.17, 15) is 9.18 Å². The number of halogens is 1. The lowest BCUT2D eigenvalue weighted by Gasteiger charge is -2.37. The zero-order chi connectivity index (χ0) is 17.1. The topological polar surface area (TPSA) is 55.1 Å². The van der Waals surface area contributed by atoms with Crippen molar-refractivity contribution in [2.45, 2.75) is 39.5 Å². The number of carbonyl (C=O) groups excluding carboxylic acids is 1. The Kier molecular flexibility index (Phi) is 3.17. The van der Waals surface area contributed by atoms with Crippen molar-refractivity contribution in [3.8, 4) is 0 Å². The lowest BCUT2D eigenvalue weighted by molar-refractivity contribution is -0.118. The van der Waals surface area contributed by atoms with Gasteiger partial charge in [-0.2, -0.15) is 0 Å². The third-order valence-corrected chi connectivity index (χ3v) is 4.85. The fourth-order valence-electron chi connectivity index (χ4n) is 3.89. The number of carbonyl (C=O) groups is 1. The normalized spacial score (nSPS) is 22.0. The molecule has 24 heavy (non-hydrogen) atoms. The van der Waals surface area contributed by atoms with E-state index in [-0.39, 0.29) is 22.9 Å². The van der Waals surface area contributed by atoms with E-state index in [2.05, 4.69) is 24.3 Å². The van der Waals surface area contributed by atoms with E-state index < -0.39 is 0 Å². The van der Waals surface area contributed by atoms with Crippen molar-refractivity contribution in [3.63, 3.8) is 0 Å². The summed E-state index contributed by atoms with van der Waals surface area (Å²) in [5.74, 6) is 0.0227. The van der Waals surface area contributed by atoms with Crippen molar-refractivity contribution in [2.75, 3.05) is 5.32 Å². The van der Waals surface area contributed by atoms with Crippen molar-refractivity contribution < 1.29 is 13.7 Å². The van der Waals surface area contributed by atoms with Gasteiger partial charge in [0.1, 0.15) is 5.82 Å². The molecule has 0 saturated heterocycles. The van der Waals surface area contributed by atoms with Crippen molar-refractivity contribution in [1.82, 2.24) is 5.16 Å². The Hall–Kier alpha value is -2.43. The van der Waals surface area contributed by atoms with Crippen LogP contribution in [0.15, 0.2) is 40.1 Å². The van der Waals surface area contributed by atoms with Gasteiger partial charge in [-0.25, -0.2) is 4.39 Å². The van der Waals surface area contributed by atoms with Crippen LogP contribution in [0, 0.1) is 18.2 Å². The van der Waals surface area contributed by atoms with Crippen molar-refractivity contribution in [3.05, 3.63) is 58.2 Å². The molecule has 1 N–H and O–H groups in total. The lowest BCUT2D eigenvalue weighted by Crippen LogP contribution is -2.33. The van der Waals surface area contributed by atoms with Crippen LogP contribution in [-0.2, 0) is 4.79 Å². The molecule has 1 atom stereocenters. The number of benzene rings is 1. The maximum absolute atomic E-state index is 13.8. The molecule has 0 radical (unpaired) electrons. The number of hydrogen-bond donors (Lipinski definition) is 1. The van der Waals surface area contributed by atoms with Crippen molar-refractivity contribution in [1.29, 1.82) is 0 Å². The number of allylic oxidation sites excluding steroid dienone is 2. The Morgan fingerprint density at radius 2 is 2.12 bits per heavy atom. The molecule has 0 spiro atoms. The number of Topliss-reactive ketones (excluding diaryl/α,β-unsaturated/α-hetero) is 1. The molecule has 4 nitrogen and oxygen atoms in total. The first-order chi connectivity index (χ1) is 11.4. The minimum absolute atomic E-state index is 0.106. The molecule has 4 rings (SSSR count). The van der Waals surface area contributed by atoms with Gasteiger partial charge in [0.05, 0.1) is 11.3 Å². The molecule has 0 bridgehead atoms. The number of rotatable bonds is 1. The number of anilines is 1. The predicted molar refractivity (Wildman–Crippen MR) is 88.2 cm³/mol. The van der Waals surface area contributed by atoms with Gasteiger partial charge in [-0.3, -0.25) is 4.79 Å². The zero-order valence-electron chi connectivity index (χ0n) is 13.9. The summed E-state index contributed by atoms with van der Waals surface area (Å²) < 4.78 is 19.2. The van der Waals surface area contributed by atoms with Crippen molar-refractivity contribution in [2.24, 2.45) is 5.41 Å². The van der Waals surface area contributed by atoms with Crippen LogP contribution in [0.4, 0.5) is 10.3 Å². The van der Waals surface area contributed by atoms with Gasteiger partial charge in [-0.05, 0) is 36.5 Å². The molecule has 124 valence electrons. The first kappa shape index (κ1) is 15.1. The molecule has 0 unspecified atom stereocenters. The molecule has 1 aliphatic heterocycles. The van der Waals surface area contributed by atoms with Gasteiger partial charge < -0.3 is 9.84 Å². The Morgan fingerprint density at radius 3 is 2.88 bits per heavy atom. The molecule has 1 aliphatic carbocycles. The average Bonchev–Trinajstić information content (AvgIpc) is 2.85. The largest absolute Gasteiger partial charge is 0.338 e. The summed E-state index contributed by atoms with van der Waals surface area (Å²) in [5, 5.41) is 7.30. The Balaban J connectivity index is 1.95. The van der Waals surface area contributed by atoms with Crippen LogP contribution in [-0.4, -0.2) is 10.9 Å². The van der Waals surface area contributed by atoms with Gasteiger partial charge in [0.15, 0.2) is 5.78 Å². The average molecular weight is 326 g/mol. The van der Waals surface area contributed by atoms with Gasteiger partial charge in [-0.1, -0.05) is 31.1 Å². The van der Waals surface area contributed by atoms with E-state index >= 15 is 0 Å². The Bertz CT molecular complexity index is 879. The van der Waals surface area contributed by atoms with Crippen LogP contribution < -0.4 is 5.32 Å². The summed E-state index contributed by atoms with van der Waals surface area (Å²) >= 11 is 0. The van der Waals surface area contributed by atoms with Crippen LogP contribution in [0.5, 0.6) is 0 Å². The third-order valence-electron chi connectivity index (χ3n) is 4.85. The van der Waals surface area contributed by atoms with Gasteiger partial charge in [0.25, 0.3) is 0 Å². The zero-order valence-corrected chi connectivity index (χ0v) is 13.9. The number of hydrogen-bond acceptors (Lipinski definition) is 4. The number of ketones is 1. The third kappa shape index (κ3) is 2.27. The van der Waals surface area contributed by atoms with Crippen LogP contribution >= 0.6 is 0 Å². The second-order valence-electron chi connectivity index (χ2n) is 7.46. The molecule has 2 aromatic rings. The highest BCUT2D eigenvalue weighted by Gasteiger charge is 2.42. The number of nitrogens with one attached hydrogen (secondary N) is 1. The lowest BCUT2D eigenvalue weighted by atomic mass is 9.69. The van der Waals surface area contributed by atoms with Gasteiger partial charge in [-0.15, -0.1) is 0 Å². The van der Waals surface area contributed by atoms with E-state index in [4.69, 9.17) is 4.52 Å². The van der Waals surface area contributed by atoms with E-state index in [0.29, 0.717) is 12.3 Å². The molecule has 2 heterocycles. The minimum Gasteiger partial charge on any atom is -0.338 e. The van der Waals surface area contributed by atoms with E-state index in [1.165, 1.54) is 12.1 Å². The maximum atomic E-state index is 13.8. The minimum atomic E-state index is -0.332. The number of aryl methyl sites for hydroxylation is 1. The summed E-state index contributed by atoms with van der Waals surface area (Å²) in [7, 11) is 0. The van der Waals surface area contributed by atoms with Gasteiger partial charge >= 0.3 is 0 Å². The number of nitrogens with zero attached hydrogens (tertiary/aromatic N) is 1. The summed E-state index contributed by atoms with van der Waals surface area (Å²) in [6, 6.07) is 6.43. The maximum Gasteiger partial charge on any atom is 0.233 e. The highest BCUT2D eigenvalue weighted by atomic mass is 19.1. The first-order valence-corrected chi connectivity index (χ1v) is 8.11. The van der Waals surface area contributed by atoms with Gasteiger partial charge in [0.2, 0.25) is 5.88 Å². The molecule has 2 aliphatic rings. The summed E-state index contributed by atoms with van der Waals surface area (Å²) in [4.78, 5) is 12.9. The van der Waals surface area contributed by atoms with Crippen LogP contribution in [0.25, 0.3) is 0 Å². The number of aromatic nitrogens is 1. The molecule has 0 saturated carbocycles. The Morgan fingerprint density at radius 1 is 1.33 bits per heavy atom. The Labute approximate surface area is 139 Å². The standard InChI is InChI=1S/C19H19FN2O2/c1-10-15-16(11-5-4-6-12(20)7-11)17-13(21-18(15)24-22-10)8-19(2,3)9-14(17)23/h4-7,16,21H,8-9H2,1-3H3/t16-/m0/s1. The summed E-state index contributed by atoms with van der Waals surface area (Å²) in [6.45, 7) is 6.00. The molecular weight excluding hydrogens is 307 g/mol. The monoisotopic (exact) mass is 326 g/mol. The second kappa shape index (κ2) is 5.03. The smallest absolute Gasteiger partial charge is 0.233 e. The van der Waals surface area contributed by atoms with Crippen LogP contribution in [0.3, 0.4) is 0 Å². The second-order valence-corrected chi connectivity index (χ2v) is 7.46. The molecule has 1 aromatic heterocycles. The molecule has 1 aromatic carbocycles. The molecular formula is C19H19FN2O2. The summed E-state index contributed by atoms with van der Waals surface area (Å²) in [5.41, 5.74) is 3.78. The first-order valence-electron chi connectivity index (χ1n) is 8.11. The quantitative estimate of drug-likeness (QED) is 0.848. The highest BCUT2D eigenvalue weighted by Crippen LogP contribution is 2.49. The predicted octanol–water partition coefficient (Wildman–Crippen LogP) is 4.32. The highest BCUT2D eigenvalue weighted by molar-refractivity contribution is 6.01. The summed E-state index contributed by atoms with van der Waals surface area (Å²) in [6.07, 6.45) is 1.23. The SMILES string of the molecule is Cc1noc2c1[C@H](c1cccc(F)c1)C1=C(CC(C)(C)CC1=O)N2. The van der Waals surface area contributed by atoms with E-state index in [0.717, 1.165) is 34.5 Å². The molecule has 0 amide bonds. The molecule has 5 heteroatoms. The fraction of sp³-hybridized carbons (Fsp3) is 0.368. The fourth-order valence-corrected chi connectivity index (χ4v) is 3.89. The number of fused-ring (bicyclic) bond motifs is 1. The van der Waals surface area contributed by atoms with E-state index in [1.54, 1.807) is 6.07 Å². The van der Waals surface area contributed by atoms with Crippen molar-refractivity contribution >= 4 is 11.7 Å². The molecule has 0 fully saturated rings. The van der Waals surface area contributed by atoms with Crippen LogP contribution in [0.2, 0.25) is 0 Å².